The molecule has 1 heterocycles. The van der Waals surface area contributed by atoms with Gasteiger partial charge >= 0.3 is 0 Å². The third-order valence-corrected chi connectivity index (χ3v) is 3.21. The van der Waals surface area contributed by atoms with E-state index in [9.17, 15) is 4.79 Å². The Morgan fingerprint density at radius 2 is 2.00 bits per heavy atom. The van der Waals surface area contributed by atoms with E-state index < -0.39 is 0 Å². The van der Waals surface area contributed by atoms with Gasteiger partial charge < -0.3 is 15.5 Å². The number of hydrogen-bond acceptors (Lipinski definition) is 4. The Morgan fingerprint density at radius 1 is 1.33 bits per heavy atom. The highest BCUT2D eigenvalue weighted by Crippen LogP contribution is 2.23. The summed E-state index contributed by atoms with van der Waals surface area (Å²) in [5.74, 6) is 0.104. The van der Waals surface area contributed by atoms with E-state index >= 15 is 0 Å². The van der Waals surface area contributed by atoms with E-state index in [0.29, 0.717) is 24.3 Å². The van der Waals surface area contributed by atoms with Crippen LogP contribution in [0.15, 0.2) is 18.2 Å². The molecule has 1 aromatic rings. The Hall–Kier alpha value is -2.22. The third kappa shape index (κ3) is 2.38. The van der Waals surface area contributed by atoms with Crippen molar-refractivity contribution in [1.29, 1.82) is 5.26 Å². The summed E-state index contributed by atoms with van der Waals surface area (Å²) in [6.07, 6.45) is 0. The van der Waals surface area contributed by atoms with Crippen LogP contribution in [0.1, 0.15) is 12.5 Å². The first-order chi connectivity index (χ1) is 8.61. The summed E-state index contributed by atoms with van der Waals surface area (Å²) >= 11 is 0. The third-order valence-electron chi connectivity index (χ3n) is 3.21. The van der Waals surface area contributed by atoms with E-state index in [-0.39, 0.29) is 5.91 Å². The maximum absolute atomic E-state index is 11.2. The molecule has 2 rings (SSSR count). The number of nitriles is 1. The summed E-state index contributed by atoms with van der Waals surface area (Å²) in [7, 11) is 0. The lowest BCUT2D eigenvalue weighted by atomic mass is 10.1. The number of rotatable bonds is 1. The van der Waals surface area contributed by atoms with Crippen LogP contribution in [-0.4, -0.2) is 37.0 Å². The predicted molar refractivity (Wildman–Crippen MR) is 70.0 cm³/mol. The second-order valence-electron chi connectivity index (χ2n) is 4.38. The van der Waals surface area contributed by atoms with Crippen molar-refractivity contribution >= 4 is 17.3 Å². The van der Waals surface area contributed by atoms with Gasteiger partial charge in [-0.25, -0.2) is 0 Å². The zero-order valence-electron chi connectivity index (χ0n) is 10.4. The van der Waals surface area contributed by atoms with Crippen molar-refractivity contribution in [2.75, 3.05) is 36.8 Å². The smallest absolute Gasteiger partial charge is 0.219 e. The normalized spacial score (nSPS) is 15.3. The molecule has 1 aromatic carbocycles. The Bertz CT molecular complexity index is 498. The van der Waals surface area contributed by atoms with Gasteiger partial charge in [-0.05, 0) is 18.2 Å². The summed E-state index contributed by atoms with van der Waals surface area (Å²) in [6, 6.07) is 7.52. The standard InChI is InChI=1S/C13H16N4O/c1-10(18)16-4-6-17(7-5-16)13-3-2-12(15)8-11(13)9-14/h2-3,8H,4-7,15H2,1H3. The molecule has 0 atom stereocenters. The van der Waals surface area contributed by atoms with E-state index in [1.165, 1.54) is 0 Å². The highest BCUT2D eigenvalue weighted by Gasteiger charge is 2.20. The van der Waals surface area contributed by atoms with Crippen LogP contribution in [0.2, 0.25) is 0 Å². The number of carbonyl (C=O) groups is 1. The number of nitrogen functional groups attached to an aromatic ring is 1. The number of anilines is 2. The lowest BCUT2D eigenvalue weighted by Crippen LogP contribution is -2.48. The SMILES string of the molecule is CC(=O)N1CCN(c2ccc(N)cc2C#N)CC1. The summed E-state index contributed by atoms with van der Waals surface area (Å²) in [5, 5.41) is 9.12. The molecule has 1 aliphatic rings. The maximum atomic E-state index is 11.2. The fourth-order valence-electron chi connectivity index (χ4n) is 2.18. The van der Waals surface area contributed by atoms with Gasteiger partial charge in [-0.1, -0.05) is 0 Å². The van der Waals surface area contributed by atoms with Gasteiger partial charge in [-0.2, -0.15) is 5.26 Å². The quantitative estimate of drug-likeness (QED) is 0.742. The molecule has 1 amide bonds. The fourth-order valence-corrected chi connectivity index (χ4v) is 2.18. The highest BCUT2D eigenvalue weighted by atomic mass is 16.2. The Labute approximate surface area is 106 Å². The average Bonchev–Trinajstić information content (AvgIpc) is 2.38. The number of hydrogen-bond donors (Lipinski definition) is 1. The van der Waals surface area contributed by atoms with Crippen LogP contribution in [0, 0.1) is 11.3 Å². The molecule has 0 bridgehead atoms. The summed E-state index contributed by atoms with van der Waals surface area (Å²) in [5.41, 5.74) is 7.75. The van der Waals surface area contributed by atoms with E-state index in [1.54, 1.807) is 19.1 Å². The summed E-state index contributed by atoms with van der Waals surface area (Å²) in [6.45, 7) is 4.48. The van der Waals surface area contributed by atoms with Crippen molar-refractivity contribution in [3.05, 3.63) is 23.8 Å². The molecule has 0 aromatic heterocycles. The summed E-state index contributed by atoms with van der Waals surface area (Å²) < 4.78 is 0. The highest BCUT2D eigenvalue weighted by molar-refractivity contribution is 5.74. The minimum Gasteiger partial charge on any atom is -0.399 e. The predicted octanol–water partition coefficient (Wildman–Crippen LogP) is 0.809. The van der Waals surface area contributed by atoms with Crippen molar-refractivity contribution in [2.45, 2.75) is 6.92 Å². The summed E-state index contributed by atoms with van der Waals surface area (Å²) in [4.78, 5) is 15.2. The molecule has 18 heavy (non-hydrogen) atoms. The van der Waals surface area contributed by atoms with E-state index in [0.717, 1.165) is 18.8 Å². The van der Waals surface area contributed by atoms with Gasteiger partial charge in [0.1, 0.15) is 6.07 Å². The van der Waals surface area contributed by atoms with Crippen molar-refractivity contribution in [3.63, 3.8) is 0 Å². The zero-order valence-corrected chi connectivity index (χ0v) is 10.4. The van der Waals surface area contributed by atoms with E-state index in [2.05, 4.69) is 11.0 Å². The van der Waals surface area contributed by atoms with Crippen molar-refractivity contribution in [3.8, 4) is 6.07 Å². The average molecular weight is 244 g/mol. The monoisotopic (exact) mass is 244 g/mol. The van der Waals surface area contributed by atoms with Crippen molar-refractivity contribution in [1.82, 2.24) is 4.90 Å². The van der Waals surface area contributed by atoms with Crippen LogP contribution in [0.5, 0.6) is 0 Å². The van der Waals surface area contributed by atoms with Gasteiger partial charge in [0.15, 0.2) is 0 Å². The second kappa shape index (κ2) is 4.96. The van der Waals surface area contributed by atoms with E-state index in [4.69, 9.17) is 11.0 Å². The minimum absolute atomic E-state index is 0.104. The number of piperazine rings is 1. The van der Waals surface area contributed by atoms with Crippen LogP contribution in [0.25, 0.3) is 0 Å². The van der Waals surface area contributed by atoms with Gasteiger partial charge in [0.2, 0.25) is 5.91 Å². The molecular weight excluding hydrogens is 228 g/mol. The Kier molecular flexibility index (Phi) is 3.38. The topological polar surface area (TPSA) is 73.4 Å². The number of nitrogens with zero attached hydrogens (tertiary/aromatic N) is 3. The zero-order chi connectivity index (χ0) is 13.1. The molecular formula is C13H16N4O. The molecule has 0 saturated carbocycles. The van der Waals surface area contributed by atoms with Crippen LogP contribution in [0.3, 0.4) is 0 Å². The first kappa shape index (κ1) is 12.2. The number of amides is 1. The molecule has 1 fully saturated rings. The lowest BCUT2D eigenvalue weighted by molar-refractivity contribution is -0.129. The van der Waals surface area contributed by atoms with Crippen molar-refractivity contribution in [2.24, 2.45) is 0 Å². The number of benzene rings is 1. The number of nitrogens with two attached hydrogens (primary N) is 1. The fraction of sp³-hybridized carbons (Fsp3) is 0.385. The molecule has 5 heteroatoms. The van der Waals surface area contributed by atoms with Crippen LogP contribution >= 0.6 is 0 Å². The van der Waals surface area contributed by atoms with Crippen LogP contribution < -0.4 is 10.6 Å². The van der Waals surface area contributed by atoms with Gasteiger partial charge in [-0.3, -0.25) is 4.79 Å². The molecule has 0 unspecified atom stereocenters. The van der Waals surface area contributed by atoms with Gasteiger partial charge in [0.05, 0.1) is 11.3 Å². The van der Waals surface area contributed by atoms with E-state index in [1.807, 2.05) is 11.0 Å². The first-order valence-electron chi connectivity index (χ1n) is 5.92. The maximum Gasteiger partial charge on any atom is 0.219 e. The Morgan fingerprint density at radius 3 is 2.56 bits per heavy atom. The molecule has 5 nitrogen and oxygen atoms in total. The molecule has 0 spiro atoms. The molecule has 0 radical (unpaired) electrons. The lowest BCUT2D eigenvalue weighted by Gasteiger charge is -2.36. The number of carbonyl (C=O) groups excluding carboxylic acids is 1. The molecule has 2 N–H and O–H groups in total. The van der Waals surface area contributed by atoms with Gasteiger partial charge in [0.25, 0.3) is 0 Å². The van der Waals surface area contributed by atoms with Crippen LogP contribution in [0.4, 0.5) is 11.4 Å². The first-order valence-corrected chi connectivity index (χ1v) is 5.92. The van der Waals surface area contributed by atoms with Crippen LogP contribution in [-0.2, 0) is 4.79 Å². The largest absolute Gasteiger partial charge is 0.399 e. The van der Waals surface area contributed by atoms with Gasteiger partial charge in [0, 0.05) is 38.8 Å². The van der Waals surface area contributed by atoms with Crippen molar-refractivity contribution < 1.29 is 4.79 Å². The Balaban J connectivity index is 2.15. The molecule has 1 aliphatic heterocycles. The second-order valence-corrected chi connectivity index (χ2v) is 4.38. The molecule has 0 aliphatic carbocycles. The minimum atomic E-state index is 0.104. The molecule has 1 saturated heterocycles. The van der Waals surface area contributed by atoms with Gasteiger partial charge in [-0.15, -0.1) is 0 Å². The molecule has 94 valence electrons.